The van der Waals surface area contributed by atoms with Gasteiger partial charge in [-0.15, -0.1) is 0 Å². The van der Waals surface area contributed by atoms with E-state index in [0.29, 0.717) is 24.0 Å². The number of primary amides is 1. The van der Waals surface area contributed by atoms with Gasteiger partial charge in [0.05, 0.1) is 10.5 Å². The van der Waals surface area contributed by atoms with Crippen molar-refractivity contribution >= 4 is 23.3 Å². The van der Waals surface area contributed by atoms with E-state index in [1.54, 1.807) is 0 Å². The number of benzene rings is 1. The smallest absolute Gasteiger partial charge is 0.269 e. The largest absolute Gasteiger partial charge is 0.365 e. The molecule has 1 aromatic carbocycles. The standard InChI is InChI=1S/C15H16N4O4/c1-2-3-12(20)18-15-13(14(16)21)11(8-17-15)9-4-6-10(7-5-9)19(22)23/h4-8,17H,2-3H2,1H3,(H2,16,21)(H,18,20). The maximum Gasteiger partial charge on any atom is 0.269 e. The van der Waals surface area contributed by atoms with Crippen molar-refractivity contribution in [2.45, 2.75) is 19.8 Å². The summed E-state index contributed by atoms with van der Waals surface area (Å²) in [7, 11) is 0. The maximum absolute atomic E-state index is 11.7. The molecular weight excluding hydrogens is 300 g/mol. The van der Waals surface area contributed by atoms with Crippen LogP contribution in [0.2, 0.25) is 0 Å². The van der Waals surface area contributed by atoms with Crippen LogP contribution in [-0.4, -0.2) is 21.7 Å². The summed E-state index contributed by atoms with van der Waals surface area (Å²) in [6, 6.07) is 5.71. The van der Waals surface area contributed by atoms with E-state index in [0.717, 1.165) is 0 Å². The number of nitrogens with one attached hydrogen (secondary N) is 2. The molecule has 0 bridgehead atoms. The van der Waals surface area contributed by atoms with Crippen molar-refractivity contribution in [3.8, 4) is 11.1 Å². The van der Waals surface area contributed by atoms with E-state index in [1.807, 2.05) is 6.92 Å². The summed E-state index contributed by atoms with van der Waals surface area (Å²) < 4.78 is 0. The molecule has 0 saturated carbocycles. The zero-order valence-electron chi connectivity index (χ0n) is 12.5. The van der Waals surface area contributed by atoms with Crippen LogP contribution < -0.4 is 11.1 Å². The number of nitro groups is 1. The molecule has 0 saturated heterocycles. The van der Waals surface area contributed by atoms with Gasteiger partial charge in [0.1, 0.15) is 5.82 Å². The second-order valence-corrected chi connectivity index (χ2v) is 4.92. The van der Waals surface area contributed by atoms with Crippen molar-refractivity contribution in [2.24, 2.45) is 5.73 Å². The molecule has 0 aliphatic rings. The summed E-state index contributed by atoms with van der Waals surface area (Å²) in [5.41, 5.74) is 6.55. The van der Waals surface area contributed by atoms with Crippen LogP contribution in [0.1, 0.15) is 30.1 Å². The van der Waals surface area contributed by atoms with Crippen LogP contribution in [0.15, 0.2) is 30.5 Å². The van der Waals surface area contributed by atoms with Gasteiger partial charge in [-0.25, -0.2) is 0 Å². The average molecular weight is 316 g/mol. The molecule has 0 spiro atoms. The molecule has 1 aromatic heterocycles. The number of carbonyl (C=O) groups excluding carboxylic acids is 2. The summed E-state index contributed by atoms with van der Waals surface area (Å²) in [6.45, 7) is 1.87. The Kier molecular flexibility index (Phi) is 4.75. The number of nitro benzene ring substituents is 1. The Hall–Kier alpha value is -3.16. The third-order valence-corrected chi connectivity index (χ3v) is 3.26. The quantitative estimate of drug-likeness (QED) is 0.557. The maximum atomic E-state index is 11.7. The minimum absolute atomic E-state index is 0.0543. The van der Waals surface area contributed by atoms with Crippen LogP contribution in [0.5, 0.6) is 0 Å². The van der Waals surface area contributed by atoms with Crippen LogP contribution in [0.4, 0.5) is 11.5 Å². The summed E-state index contributed by atoms with van der Waals surface area (Å²) in [5.74, 6) is -0.706. The number of nitrogens with zero attached hydrogens (tertiary/aromatic N) is 1. The molecule has 120 valence electrons. The van der Waals surface area contributed by atoms with E-state index in [1.165, 1.54) is 30.5 Å². The van der Waals surface area contributed by atoms with Crippen LogP contribution in [0, 0.1) is 10.1 Å². The monoisotopic (exact) mass is 316 g/mol. The lowest BCUT2D eigenvalue weighted by molar-refractivity contribution is -0.384. The lowest BCUT2D eigenvalue weighted by Crippen LogP contribution is -2.17. The number of rotatable bonds is 6. The molecule has 0 aliphatic heterocycles. The predicted octanol–water partition coefficient (Wildman–Crippen LogP) is 2.43. The van der Waals surface area contributed by atoms with Gasteiger partial charge < -0.3 is 16.0 Å². The molecule has 0 radical (unpaired) electrons. The molecule has 0 aliphatic carbocycles. The first kappa shape index (κ1) is 16.2. The molecule has 8 nitrogen and oxygen atoms in total. The second kappa shape index (κ2) is 6.73. The number of aromatic nitrogens is 1. The molecule has 2 rings (SSSR count). The molecule has 0 unspecified atom stereocenters. The van der Waals surface area contributed by atoms with Crippen molar-refractivity contribution < 1.29 is 14.5 Å². The molecule has 2 aromatic rings. The van der Waals surface area contributed by atoms with Crippen LogP contribution in [0.25, 0.3) is 11.1 Å². The molecule has 0 fully saturated rings. The van der Waals surface area contributed by atoms with Gasteiger partial charge in [0.15, 0.2) is 0 Å². The number of H-pyrrole nitrogens is 1. The summed E-state index contributed by atoms with van der Waals surface area (Å²) in [5, 5.41) is 13.3. The van der Waals surface area contributed by atoms with Gasteiger partial charge >= 0.3 is 0 Å². The molecule has 23 heavy (non-hydrogen) atoms. The Morgan fingerprint density at radius 3 is 2.48 bits per heavy atom. The molecule has 8 heteroatoms. The Balaban J connectivity index is 2.39. The summed E-state index contributed by atoms with van der Waals surface area (Å²) >= 11 is 0. The van der Waals surface area contributed by atoms with Gasteiger partial charge in [0.2, 0.25) is 5.91 Å². The number of non-ortho nitro benzene ring substituents is 1. The molecular formula is C15H16N4O4. The van der Waals surface area contributed by atoms with Crippen LogP contribution in [-0.2, 0) is 4.79 Å². The zero-order valence-corrected chi connectivity index (χ0v) is 12.5. The van der Waals surface area contributed by atoms with E-state index < -0.39 is 10.8 Å². The molecule has 0 atom stereocenters. The molecule has 1 heterocycles. The van der Waals surface area contributed by atoms with Gasteiger partial charge in [-0.1, -0.05) is 6.92 Å². The van der Waals surface area contributed by atoms with Crippen LogP contribution in [0.3, 0.4) is 0 Å². The summed E-state index contributed by atoms with van der Waals surface area (Å²) in [6.07, 6.45) is 2.53. The number of amides is 2. The van der Waals surface area contributed by atoms with E-state index in [2.05, 4.69) is 10.3 Å². The molecule has 2 amide bonds. The molecule has 4 N–H and O–H groups in total. The van der Waals surface area contributed by atoms with E-state index in [4.69, 9.17) is 5.73 Å². The SMILES string of the molecule is CCCC(=O)Nc1[nH]cc(-c2ccc([N+](=O)[O-])cc2)c1C(N)=O. The van der Waals surface area contributed by atoms with Gasteiger partial charge in [0.25, 0.3) is 11.6 Å². The third-order valence-electron chi connectivity index (χ3n) is 3.26. The lowest BCUT2D eigenvalue weighted by Gasteiger charge is -2.06. The lowest BCUT2D eigenvalue weighted by atomic mass is 10.0. The van der Waals surface area contributed by atoms with E-state index in [9.17, 15) is 19.7 Å². The minimum Gasteiger partial charge on any atom is -0.365 e. The van der Waals surface area contributed by atoms with Gasteiger partial charge in [-0.2, -0.15) is 0 Å². The third kappa shape index (κ3) is 3.54. The van der Waals surface area contributed by atoms with Crippen molar-refractivity contribution in [2.75, 3.05) is 5.32 Å². The van der Waals surface area contributed by atoms with Crippen LogP contribution >= 0.6 is 0 Å². The highest BCUT2D eigenvalue weighted by Crippen LogP contribution is 2.30. The van der Waals surface area contributed by atoms with E-state index in [-0.39, 0.29) is 23.0 Å². The van der Waals surface area contributed by atoms with Crippen molar-refractivity contribution in [1.29, 1.82) is 0 Å². The van der Waals surface area contributed by atoms with Crippen molar-refractivity contribution in [1.82, 2.24) is 4.98 Å². The van der Waals surface area contributed by atoms with E-state index >= 15 is 0 Å². The van der Waals surface area contributed by atoms with Crippen molar-refractivity contribution in [3.63, 3.8) is 0 Å². The number of nitrogens with two attached hydrogens (primary N) is 1. The highest BCUT2D eigenvalue weighted by Gasteiger charge is 2.19. The summed E-state index contributed by atoms with van der Waals surface area (Å²) in [4.78, 5) is 36.4. The number of hydrogen-bond donors (Lipinski definition) is 3. The Bertz CT molecular complexity index is 749. The minimum atomic E-state index is -0.702. The topological polar surface area (TPSA) is 131 Å². The number of anilines is 1. The first-order chi connectivity index (χ1) is 10.9. The highest BCUT2D eigenvalue weighted by atomic mass is 16.6. The number of hydrogen-bond acceptors (Lipinski definition) is 4. The number of aromatic amines is 1. The zero-order chi connectivity index (χ0) is 17.0. The first-order valence-corrected chi connectivity index (χ1v) is 7.00. The average Bonchev–Trinajstić information content (AvgIpc) is 2.91. The first-order valence-electron chi connectivity index (χ1n) is 7.00. The van der Waals surface area contributed by atoms with Crippen molar-refractivity contribution in [3.05, 3.63) is 46.1 Å². The van der Waals surface area contributed by atoms with Gasteiger partial charge in [-0.05, 0) is 24.1 Å². The fourth-order valence-corrected chi connectivity index (χ4v) is 2.20. The Morgan fingerprint density at radius 2 is 1.96 bits per heavy atom. The fraction of sp³-hybridized carbons (Fsp3) is 0.200. The van der Waals surface area contributed by atoms with Gasteiger partial charge in [0, 0.05) is 30.3 Å². The fourth-order valence-electron chi connectivity index (χ4n) is 2.20. The second-order valence-electron chi connectivity index (χ2n) is 4.92. The Labute approximate surface area is 131 Å². The normalized spacial score (nSPS) is 10.3. The Morgan fingerprint density at radius 1 is 1.30 bits per heavy atom. The highest BCUT2D eigenvalue weighted by molar-refractivity contribution is 6.07. The predicted molar refractivity (Wildman–Crippen MR) is 84.9 cm³/mol. The van der Waals surface area contributed by atoms with Gasteiger partial charge in [-0.3, -0.25) is 19.7 Å². The number of carbonyl (C=O) groups is 2.